The molecule has 0 unspecified atom stereocenters. The van der Waals surface area contributed by atoms with Crippen LogP contribution in [0, 0.1) is 12.3 Å². The van der Waals surface area contributed by atoms with Crippen LogP contribution in [0.15, 0.2) is 30.4 Å². The highest BCUT2D eigenvalue weighted by Gasteiger charge is 2.28. The van der Waals surface area contributed by atoms with Crippen molar-refractivity contribution in [2.75, 3.05) is 0 Å². The molecule has 0 nitrogen and oxygen atoms in total. The molecule has 0 amide bonds. The Balaban J connectivity index is 2.46. The molecule has 0 bridgehead atoms. The standard InChI is InChI=1S/C14H18/c1-10-5-6-12-8-11(2)14(3,4)9-13(12)7-10/h5-7H,2,8-9H2,1,3-4H3. The van der Waals surface area contributed by atoms with E-state index in [1.165, 1.54) is 22.3 Å². The molecule has 0 spiro atoms. The maximum atomic E-state index is 4.19. The van der Waals surface area contributed by atoms with Crippen molar-refractivity contribution in [1.29, 1.82) is 0 Å². The molecule has 1 aromatic carbocycles. The van der Waals surface area contributed by atoms with E-state index in [0.29, 0.717) is 0 Å². The van der Waals surface area contributed by atoms with Crippen molar-refractivity contribution in [1.82, 2.24) is 0 Å². The molecule has 0 N–H and O–H groups in total. The van der Waals surface area contributed by atoms with Crippen molar-refractivity contribution in [2.45, 2.75) is 33.6 Å². The Morgan fingerprint density at radius 3 is 2.64 bits per heavy atom. The minimum Gasteiger partial charge on any atom is -0.0990 e. The topological polar surface area (TPSA) is 0 Å². The first kappa shape index (κ1) is 9.51. The molecule has 0 atom stereocenters. The van der Waals surface area contributed by atoms with Gasteiger partial charge in [-0.3, -0.25) is 0 Å². The van der Waals surface area contributed by atoms with E-state index in [-0.39, 0.29) is 5.41 Å². The fraction of sp³-hybridized carbons (Fsp3) is 0.429. The molecule has 0 aromatic heterocycles. The summed E-state index contributed by atoms with van der Waals surface area (Å²) in [6.07, 6.45) is 2.20. The van der Waals surface area contributed by atoms with Crippen LogP contribution < -0.4 is 0 Å². The largest absolute Gasteiger partial charge is 0.0990 e. The summed E-state index contributed by atoms with van der Waals surface area (Å²) in [4.78, 5) is 0. The Hall–Kier alpha value is -1.04. The van der Waals surface area contributed by atoms with Crippen LogP contribution in [0.4, 0.5) is 0 Å². The fourth-order valence-electron chi connectivity index (χ4n) is 2.16. The molecule has 0 heterocycles. The van der Waals surface area contributed by atoms with Crippen molar-refractivity contribution in [3.8, 4) is 0 Å². The number of fused-ring (bicyclic) bond motifs is 1. The van der Waals surface area contributed by atoms with Gasteiger partial charge in [0.25, 0.3) is 0 Å². The fourth-order valence-corrected chi connectivity index (χ4v) is 2.16. The van der Waals surface area contributed by atoms with Crippen molar-refractivity contribution < 1.29 is 0 Å². The van der Waals surface area contributed by atoms with E-state index in [2.05, 4.69) is 45.5 Å². The Morgan fingerprint density at radius 1 is 1.21 bits per heavy atom. The monoisotopic (exact) mass is 186 g/mol. The SMILES string of the molecule is C=C1Cc2ccc(C)cc2CC1(C)C. The first-order valence-corrected chi connectivity index (χ1v) is 5.26. The summed E-state index contributed by atoms with van der Waals surface area (Å²) >= 11 is 0. The van der Waals surface area contributed by atoms with E-state index in [1.807, 2.05) is 0 Å². The van der Waals surface area contributed by atoms with Gasteiger partial charge in [0.05, 0.1) is 0 Å². The van der Waals surface area contributed by atoms with E-state index >= 15 is 0 Å². The van der Waals surface area contributed by atoms with Crippen molar-refractivity contribution in [2.24, 2.45) is 5.41 Å². The third kappa shape index (κ3) is 1.50. The predicted octanol–water partition coefficient (Wildman–Crippen LogP) is 3.68. The zero-order valence-electron chi connectivity index (χ0n) is 9.35. The number of rotatable bonds is 0. The van der Waals surface area contributed by atoms with Gasteiger partial charge in [0.15, 0.2) is 0 Å². The molecular formula is C14H18. The molecular weight excluding hydrogens is 168 g/mol. The lowest BCUT2D eigenvalue weighted by Gasteiger charge is -2.34. The maximum absolute atomic E-state index is 4.19. The predicted molar refractivity (Wildman–Crippen MR) is 61.5 cm³/mol. The number of hydrogen-bond acceptors (Lipinski definition) is 0. The van der Waals surface area contributed by atoms with Gasteiger partial charge in [0, 0.05) is 0 Å². The Kier molecular flexibility index (Phi) is 2.02. The molecule has 74 valence electrons. The molecule has 1 aromatic rings. The average Bonchev–Trinajstić information content (AvgIpc) is 2.07. The van der Waals surface area contributed by atoms with E-state index in [0.717, 1.165) is 12.8 Å². The smallest absolute Gasteiger partial charge is 0.00616 e. The third-order valence-electron chi connectivity index (χ3n) is 3.36. The second-order valence-corrected chi connectivity index (χ2v) is 5.11. The molecule has 0 aliphatic heterocycles. The molecule has 0 saturated heterocycles. The summed E-state index contributed by atoms with van der Waals surface area (Å²) < 4.78 is 0. The lowest BCUT2D eigenvalue weighted by Crippen LogP contribution is -2.24. The number of benzene rings is 1. The molecule has 2 rings (SSSR count). The van der Waals surface area contributed by atoms with Gasteiger partial charge >= 0.3 is 0 Å². The average molecular weight is 186 g/mol. The first-order chi connectivity index (χ1) is 6.49. The molecule has 0 fully saturated rings. The zero-order valence-corrected chi connectivity index (χ0v) is 9.35. The van der Waals surface area contributed by atoms with Crippen molar-refractivity contribution >= 4 is 0 Å². The highest BCUT2D eigenvalue weighted by molar-refractivity contribution is 5.40. The molecule has 0 heteroatoms. The molecule has 14 heavy (non-hydrogen) atoms. The summed E-state index contributed by atoms with van der Waals surface area (Å²) in [5, 5.41) is 0. The maximum Gasteiger partial charge on any atom is -0.00616 e. The summed E-state index contributed by atoms with van der Waals surface area (Å²) in [5.74, 6) is 0. The number of hydrogen-bond donors (Lipinski definition) is 0. The van der Waals surface area contributed by atoms with E-state index in [9.17, 15) is 0 Å². The molecule has 1 aliphatic rings. The van der Waals surface area contributed by atoms with Crippen molar-refractivity contribution in [3.63, 3.8) is 0 Å². The Labute approximate surface area is 86.7 Å². The van der Waals surface area contributed by atoms with E-state index in [4.69, 9.17) is 0 Å². The third-order valence-corrected chi connectivity index (χ3v) is 3.36. The van der Waals surface area contributed by atoms with E-state index in [1.54, 1.807) is 0 Å². The van der Waals surface area contributed by atoms with Gasteiger partial charge in [0.2, 0.25) is 0 Å². The zero-order chi connectivity index (χ0) is 10.3. The van der Waals surface area contributed by atoms with Gasteiger partial charge in [0.1, 0.15) is 0 Å². The normalized spacial score (nSPS) is 19.2. The minimum atomic E-state index is 0.279. The van der Waals surface area contributed by atoms with Crippen LogP contribution in [0.25, 0.3) is 0 Å². The van der Waals surface area contributed by atoms with Gasteiger partial charge in [-0.15, -0.1) is 0 Å². The van der Waals surface area contributed by atoms with Crippen LogP contribution in [0.1, 0.15) is 30.5 Å². The molecule has 0 saturated carbocycles. The number of aryl methyl sites for hydroxylation is 1. The first-order valence-electron chi connectivity index (χ1n) is 5.26. The van der Waals surface area contributed by atoms with Crippen LogP contribution in [0.2, 0.25) is 0 Å². The van der Waals surface area contributed by atoms with Gasteiger partial charge in [-0.2, -0.15) is 0 Å². The lowest BCUT2D eigenvalue weighted by molar-refractivity contribution is 0.418. The van der Waals surface area contributed by atoms with Gasteiger partial charge < -0.3 is 0 Å². The van der Waals surface area contributed by atoms with Crippen LogP contribution in [0.5, 0.6) is 0 Å². The lowest BCUT2D eigenvalue weighted by atomic mass is 9.71. The molecule has 1 aliphatic carbocycles. The quantitative estimate of drug-likeness (QED) is 0.542. The van der Waals surface area contributed by atoms with Crippen LogP contribution in [-0.4, -0.2) is 0 Å². The van der Waals surface area contributed by atoms with Gasteiger partial charge in [-0.05, 0) is 36.3 Å². The van der Waals surface area contributed by atoms with Crippen LogP contribution >= 0.6 is 0 Å². The van der Waals surface area contributed by atoms with E-state index < -0.39 is 0 Å². The second kappa shape index (κ2) is 2.98. The summed E-state index contributed by atoms with van der Waals surface area (Å²) in [6, 6.07) is 6.78. The van der Waals surface area contributed by atoms with Crippen LogP contribution in [0.3, 0.4) is 0 Å². The Bertz CT molecular complexity index is 383. The van der Waals surface area contributed by atoms with Crippen LogP contribution in [-0.2, 0) is 12.8 Å². The highest BCUT2D eigenvalue weighted by Crippen LogP contribution is 2.38. The second-order valence-electron chi connectivity index (χ2n) is 5.11. The van der Waals surface area contributed by atoms with Gasteiger partial charge in [-0.1, -0.05) is 49.8 Å². The Morgan fingerprint density at radius 2 is 1.93 bits per heavy atom. The summed E-state index contributed by atoms with van der Waals surface area (Å²) in [5.41, 5.74) is 6.00. The summed E-state index contributed by atoms with van der Waals surface area (Å²) in [7, 11) is 0. The number of allylic oxidation sites excluding steroid dienone is 1. The van der Waals surface area contributed by atoms with Crippen molar-refractivity contribution in [3.05, 3.63) is 47.0 Å². The van der Waals surface area contributed by atoms with Gasteiger partial charge in [-0.25, -0.2) is 0 Å². The highest BCUT2D eigenvalue weighted by atomic mass is 14.3. The molecule has 0 radical (unpaired) electrons. The minimum absolute atomic E-state index is 0.279. The summed E-state index contributed by atoms with van der Waals surface area (Å²) in [6.45, 7) is 10.9.